The summed E-state index contributed by atoms with van der Waals surface area (Å²) in [6.07, 6.45) is -2.92. The number of urea groups is 1. The second kappa shape index (κ2) is 5.65. The number of hydrogen-bond donors (Lipinski definition) is 5. The quantitative estimate of drug-likeness (QED) is 0.381. The molecule has 1 aliphatic rings. The van der Waals surface area contributed by atoms with E-state index in [0.29, 0.717) is 0 Å². The van der Waals surface area contributed by atoms with Crippen LogP contribution in [-0.4, -0.2) is 74.6 Å². The van der Waals surface area contributed by atoms with E-state index in [4.69, 9.17) is 10.2 Å². The maximum atomic E-state index is 11.6. The Balaban J connectivity index is 2.57. The summed E-state index contributed by atoms with van der Waals surface area (Å²) in [5, 5.41) is 37.7. The predicted molar refractivity (Wildman–Crippen MR) is 55.8 cm³/mol. The van der Waals surface area contributed by atoms with Crippen LogP contribution in [0.5, 0.6) is 0 Å². The summed E-state index contributed by atoms with van der Waals surface area (Å²) >= 11 is 0. The van der Waals surface area contributed by atoms with Crippen LogP contribution in [-0.2, 0) is 9.59 Å². The fourth-order valence-electron chi connectivity index (χ4n) is 1.55. The SMILES string of the molecule is O=C(O)C[C@@H](NC(=O)N1CC(O)C(O)C1)C(=O)O. The van der Waals surface area contributed by atoms with Crippen molar-refractivity contribution in [2.45, 2.75) is 24.7 Å². The molecular formula is C9H14N2O7. The molecule has 1 saturated heterocycles. The molecule has 2 amide bonds. The van der Waals surface area contributed by atoms with Crippen LogP contribution < -0.4 is 5.32 Å². The topological polar surface area (TPSA) is 147 Å². The van der Waals surface area contributed by atoms with E-state index in [1.54, 1.807) is 0 Å². The number of likely N-dealkylation sites (tertiary alicyclic amines) is 1. The molecule has 1 heterocycles. The van der Waals surface area contributed by atoms with Crippen molar-refractivity contribution in [1.82, 2.24) is 10.2 Å². The van der Waals surface area contributed by atoms with Gasteiger partial charge in [-0.15, -0.1) is 0 Å². The van der Waals surface area contributed by atoms with Crippen molar-refractivity contribution in [3.8, 4) is 0 Å². The van der Waals surface area contributed by atoms with E-state index in [9.17, 15) is 24.6 Å². The van der Waals surface area contributed by atoms with E-state index in [0.717, 1.165) is 4.90 Å². The van der Waals surface area contributed by atoms with Crippen molar-refractivity contribution in [2.24, 2.45) is 0 Å². The molecule has 1 fully saturated rings. The van der Waals surface area contributed by atoms with Gasteiger partial charge in [0.1, 0.15) is 6.04 Å². The van der Waals surface area contributed by atoms with Gasteiger partial charge in [0.15, 0.2) is 0 Å². The van der Waals surface area contributed by atoms with Crippen molar-refractivity contribution in [2.75, 3.05) is 13.1 Å². The number of carboxylic acids is 2. The molecule has 2 unspecified atom stereocenters. The molecule has 0 aliphatic carbocycles. The summed E-state index contributed by atoms with van der Waals surface area (Å²) in [5.74, 6) is -2.82. The zero-order chi connectivity index (χ0) is 13.9. The number of aliphatic hydroxyl groups excluding tert-OH is 2. The van der Waals surface area contributed by atoms with Gasteiger partial charge in [0, 0.05) is 0 Å². The van der Waals surface area contributed by atoms with E-state index in [2.05, 4.69) is 0 Å². The van der Waals surface area contributed by atoms with Gasteiger partial charge < -0.3 is 30.6 Å². The Bertz CT molecular complexity index is 349. The number of carbonyl (C=O) groups excluding carboxylic acids is 1. The maximum absolute atomic E-state index is 11.6. The molecule has 1 rings (SSSR count). The molecule has 5 N–H and O–H groups in total. The van der Waals surface area contributed by atoms with Gasteiger partial charge in [-0.2, -0.15) is 0 Å². The van der Waals surface area contributed by atoms with E-state index >= 15 is 0 Å². The van der Waals surface area contributed by atoms with Gasteiger partial charge >= 0.3 is 18.0 Å². The minimum Gasteiger partial charge on any atom is -0.481 e. The average Bonchev–Trinajstić information content (AvgIpc) is 2.57. The van der Waals surface area contributed by atoms with E-state index < -0.39 is 42.6 Å². The Morgan fingerprint density at radius 1 is 1.17 bits per heavy atom. The molecular weight excluding hydrogens is 248 g/mol. The first-order valence-corrected chi connectivity index (χ1v) is 5.17. The largest absolute Gasteiger partial charge is 0.481 e. The summed E-state index contributed by atoms with van der Waals surface area (Å²) in [7, 11) is 0. The Labute approximate surface area is 102 Å². The van der Waals surface area contributed by atoms with Crippen LogP contribution in [0.4, 0.5) is 4.79 Å². The lowest BCUT2D eigenvalue weighted by Gasteiger charge is -2.19. The van der Waals surface area contributed by atoms with E-state index in [1.165, 1.54) is 0 Å². The Morgan fingerprint density at radius 3 is 2.06 bits per heavy atom. The fraction of sp³-hybridized carbons (Fsp3) is 0.667. The van der Waals surface area contributed by atoms with Gasteiger partial charge in [-0.3, -0.25) is 4.79 Å². The maximum Gasteiger partial charge on any atom is 0.326 e. The van der Waals surface area contributed by atoms with Crippen LogP contribution >= 0.6 is 0 Å². The van der Waals surface area contributed by atoms with Gasteiger partial charge in [-0.05, 0) is 0 Å². The van der Waals surface area contributed by atoms with Gasteiger partial charge in [0.05, 0.1) is 31.7 Å². The number of carboxylic acid groups (broad SMARTS) is 2. The molecule has 9 nitrogen and oxygen atoms in total. The number of carbonyl (C=O) groups is 3. The number of amides is 2. The molecule has 0 aromatic heterocycles. The van der Waals surface area contributed by atoms with Crippen molar-refractivity contribution >= 4 is 18.0 Å². The third-order valence-corrected chi connectivity index (χ3v) is 2.52. The minimum atomic E-state index is -1.55. The van der Waals surface area contributed by atoms with Gasteiger partial charge in [-0.1, -0.05) is 0 Å². The zero-order valence-corrected chi connectivity index (χ0v) is 9.31. The lowest BCUT2D eigenvalue weighted by molar-refractivity contribution is -0.145. The van der Waals surface area contributed by atoms with Crippen LogP contribution in [0.2, 0.25) is 0 Å². The number of nitrogens with one attached hydrogen (secondary N) is 1. The van der Waals surface area contributed by atoms with Gasteiger partial charge in [0.2, 0.25) is 0 Å². The first-order chi connectivity index (χ1) is 8.31. The Kier molecular flexibility index (Phi) is 4.45. The number of aliphatic carboxylic acids is 2. The molecule has 3 atom stereocenters. The van der Waals surface area contributed by atoms with Crippen LogP contribution in [0, 0.1) is 0 Å². The highest BCUT2D eigenvalue weighted by Gasteiger charge is 2.34. The summed E-state index contributed by atoms with van der Waals surface area (Å²) in [5.41, 5.74) is 0. The number of nitrogens with zero attached hydrogens (tertiary/aromatic N) is 1. The average molecular weight is 262 g/mol. The molecule has 9 heteroatoms. The summed E-state index contributed by atoms with van der Waals surface area (Å²) in [6.45, 7) is -0.265. The van der Waals surface area contributed by atoms with Gasteiger partial charge in [-0.25, -0.2) is 9.59 Å². The van der Waals surface area contributed by atoms with Crippen molar-refractivity contribution < 1.29 is 34.8 Å². The molecule has 0 aromatic carbocycles. The molecule has 0 aromatic rings. The van der Waals surface area contributed by atoms with Crippen molar-refractivity contribution in [3.63, 3.8) is 0 Å². The van der Waals surface area contributed by atoms with E-state index in [-0.39, 0.29) is 13.1 Å². The van der Waals surface area contributed by atoms with Crippen molar-refractivity contribution in [3.05, 3.63) is 0 Å². The van der Waals surface area contributed by atoms with Crippen LogP contribution in [0.1, 0.15) is 6.42 Å². The zero-order valence-electron chi connectivity index (χ0n) is 9.31. The molecule has 1 aliphatic heterocycles. The number of β-amino-alcohol motifs (C(OH)–C–C–N with tert-alkyl or cyclic N) is 2. The normalized spacial score (nSPS) is 24.7. The van der Waals surface area contributed by atoms with Gasteiger partial charge in [0.25, 0.3) is 0 Å². The molecule has 0 bridgehead atoms. The fourth-order valence-corrected chi connectivity index (χ4v) is 1.55. The standard InChI is InChI=1S/C9H14N2O7/c12-5-2-11(3-6(5)13)9(18)10-4(8(16)17)1-7(14)15/h4-6,12-13H,1-3H2,(H,10,18)(H,14,15)(H,16,17)/t4-,5?,6?/m1/s1. The van der Waals surface area contributed by atoms with Crippen molar-refractivity contribution in [1.29, 1.82) is 0 Å². The van der Waals surface area contributed by atoms with Crippen LogP contribution in [0.25, 0.3) is 0 Å². The Morgan fingerprint density at radius 2 is 1.67 bits per heavy atom. The molecule has 0 spiro atoms. The number of rotatable bonds is 4. The lowest BCUT2D eigenvalue weighted by atomic mass is 10.2. The molecule has 18 heavy (non-hydrogen) atoms. The molecule has 0 radical (unpaired) electrons. The minimum absolute atomic E-state index is 0.133. The monoisotopic (exact) mass is 262 g/mol. The number of aliphatic hydroxyl groups is 2. The highest BCUT2D eigenvalue weighted by Crippen LogP contribution is 2.10. The third-order valence-electron chi connectivity index (χ3n) is 2.52. The summed E-state index contributed by atoms with van der Waals surface area (Å²) in [6, 6.07) is -2.39. The van der Waals surface area contributed by atoms with Crippen LogP contribution in [0.3, 0.4) is 0 Å². The first kappa shape index (κ1) is 14.2. The predicted octanol–water partition coefficient (Wildman–Crippen LogP) is -2.34. The molecule has 102 valence electrons. The lowest BCUT2D eigenvalue weighted by Crippen LogP contribution is -2.48. The first-order valence-electron chi connectivity index (χ1n) is 5.17. The second-order valence-corrected chi connectivity index (χ2v) is 3.98. The molecule has 0 saturated carbocycles. The Hall–Kier alpha value is -1.87. The number of hydrogen-bond acceptors (Lipinski definition) is 5. The van der Waals surface area contributed by atoms with E-state index in [1.807, 2.05) is 5.32 Å². The summed E-state index contributed by atoms with van der Waals surface area (Å²) in [4.78, 5) is 33.7. The smallest absolute Gasteiger partial charge is 0.326 e. The highest BCUT2D eigenvalue weighted by molar-refractivity contribution is 5.86. The van der Waals surface area contributed by atoms with Crippen LogP contribution in [0.15, 0.2) is 0 Å². The summed E-state index contributed by atoms with van der Waals surface area (Å²) < 4.78 is 0. The third kappa shape index (κ3) is 3.57. The second-order valence-electron chi connectivity index (χ2n) is 3.98. The highest BCUT2D eigenvalue weighted by atomic mass is 16.4.